The predicted molar refractivity (Wildman–Crippen MR) is 111 cm³/mol. The molecule has 2 unspecified atom stereocenters. The highest BCUT2D eigenvalue weighted by molar-refractivity contribution is 5.59. The summed E-state index contributed by atoms with van der Waals surface area (Å²) in [7, 11) is 1.70. The first-order chi connectivity index (χ1) is 14.8. The number of halogens is 3. The largest absolute Gasteiger partial charge is 0.417 e. The van der Waals surface area contributed by atoms with Gasteiger partial charge in [-0.05, 0) is 32.0 Å². The van der Waals surface area contributed by atoms with Crippen LogP contribution in [0, 0.1) is 0 Å². The fourth-order valence-electron chi connectivity index (χ4n) is 4.14. The molecular weight excluding hydrogens is 409 g/mol. The lowest BCUT2D eigenvalue weighted by Gasteiger charge is -2.44. The first kappa shape index (κ1) is 21.5. The molecule has 166 valence electrons. The molecule has 0 aromatic carbocycles. The van der Waals surface area contributed by atoms with Crippen molar-refractivity contribution in [3.8, 4) is 11.5 Å². The minimum Gasteiger partial charge on any atom is -0.383 e. The van der Waals surface area contributed by atoms with E-state index in [4.69, 9.17) is 4.74 Å². The van der Waals surface area contributed by atoms with Crippen molar-refractivity contribution in [1.82, 2.24) is 24.3 Å². The average molecular weight is 434 g/mol. The van der Waals surface area contributed by atoms with Gasteiger partial charge in [0.25, 0.3) is 0 Å². The number of alkyl halides is 3. The Balaban J connectivity index is 1.62. The Bertz CT molecular complexity index is 1040. The van der Waals surface area contributed by atoms with E-state index in [1.807, 2.05) is 6.07 Å². The lowest BCUT2D eigenvalue weighted by atomic mass is 10.1. The van der Waals surface area contributed by atoms with Gasteiger partial charge in [0.1, 0.15) is 17.2 Å². The Morgan fingerprint density at radius 1 is 1.10 bits per heavy atom. The van der Waals surface area contributed by atoms with Gasteiger partial charge in [0.15, 0.2) is 5.82 Å². The standard InChI is InChI=1S/C21H25F3N6O/c1-14-11-28(12-15(2)29(14)8-9-31-3)19-6-7-25-20(27-19)17-10-26-18-5-4-16(13-30(17)18)21(22,23)24/h4-7,10,13-15H,8-9,11-12H2,1-3H3. The van der Waals surface area contributed by atoms with Gasteiger partial charge in [-0.2, -0.15) is 13.2 Å². The maximum atomic E-state index is 13.2. The van der Waals surface area contributed by atoms with Gasteiger partial charge in [-0.3, -0.25) is 9.30 Å². The predicted octanol–water partition coefficient (Wildman–Crippen LogP) is 3.36. The van der Waals surface area contributed by atoms with Crippen LogP contribution >= 0.6 is 0 Å². The van der Waals surface area contributed by atoms with Crippen molar-refractivity contribution in [3.05, 3.63) is 42.4 Å². The summed E-state index contributed by atoms with van der Waals surface area (Å²) >= 11 is 0. The molecule has 0 bridgehead atoms. The Hall–Kier alpha value is -2.72. The zero-order chi connectivity index (χ0) is 22.2. The van der Waals surface area contributed by atoms with Crippen molar-refractivity contribution in [3.63, 3.8) is 0 Å². The van der Waals surface area contributed by atoms with Crippen molar-refractivity contribution in [2.24, 2.45) is 0 Å². The molecular formula is C21H25F3N6O. The third-order valence-corrected chi connectivity index (χ3v) is 5.68. The van der Waals surface area contributed by atoms with E-state index in [2.05, 4.69) is 38.6 Å². The molecule has 0 aliphatic carbocycles. The highest BCUT2D eigenvalue weighted by Gasteiger charge is 2.32. The Labute approximate surface area is 178 Å². The number of anilines is 1. The molecule has 0 N–H and O–H groups in total. The topological polar surface area (TPSA) is 58.8 Å². The summed E-state index contributed by atoms with van der Waals surface area (Å²) in [6, 6.07) is 4.82. The van der Waals surface area contributed by atoms with Crippen molar-refractivity contribution >= 4 is 11.5 Å². The molecule has 3 aromatic heterocycles. The number of fused-ring (bicyclic) bond motifs is 1. The molecule has 1 saturated heterocycles. The van der Waals surface area contributed by atoms with Crippen molar-refractivity contribution in [2.45, 2.75) is 32.1 Å². The van der Waals surface area contributed by atoms with Crippen molar-refractivity contribution in [1.29, 1.82) is 0 Å². The van der Waals surface area contributed by atoms with E-state index < -0.39 is 11.7 Å². The summed E-state index contributed by atoms with van der Waals surface area (Å²) in [6.07, 6.45) is -0.264. The van der Waals surface area contributed by atoms with Gasteiger partial charge in [-0.15, -0.1) is 0 Å². The van der Waals surface area contributed by atoms with E-state index in [0.29, 0.717) is 35.9 Å². The smallest absolute Gasteiger partial charge is 0.383 e. The Morgan fingerprint density at radius 3 is 2.52 bits per heavy atom. The van der Waals surface area contributed by atoms with Crippen LogP contribution in [0.2, 0.25) is 0 Å². The first-order valence-corrected chi connectivity index (χ1v) is 10.2. The molecule has 3 aromatic rings. The monoisotopic (exact) mass is 434 g/mol. The second-order valence-electron chi connectivity index (χ2n) is 7.86. The Morgan fingerprint density at radius 2 is 1.84 bits per heavy atom. The van der Waals surface area contributed by atoms with E-state index in [1.165, 1.54) is 16.7 Å². The normalized spacial score (nSPS) is 20.5. The van der Waals surface area contributed by atoms with Crippen LogP contribution in [-0.2, 0) is 10.9 Å². The van der Waals surface area contributed by atoms with E-state index in [-0.39, 0.29) is 0 Å². The molecule has 31 heavy (non-hydrogen) atoms. The van der Waals surface area contributed by atoms with Crippen LogP contribution in [0.1, 0.15) is 19.4 Å². The molecule has 4 heterocycles. The Kier molecular flexibility index (Phi) is 5.85. The molecule has 7 nitrogen and oxygen atoms in total. The highest BCUT2D eigenvalue weighted by Crippen LogP contribution is 2.30. The fourth-order valence-corrected chi connectivity index (χ4v) is 4.14. The number of piperazine rings is 1. The number of hydrogen-bond donors (Lipinski definition) is 0. The van der Waals surface area contributed by atoms with Crippen LogP contribution < -0.4 is 4.90 Å². The second-order valence-corrected chi connectivity index (χ2v) is 7.86. The summed E-state index contributed by atoms with van der Waals surface area (Å²) in [5.74, 6) is 1.09. The number of imidazole rings is 1. The number of rotatable bonds is 5. The molecule has 0 amide bonds. The number of methoxy groups -OCH3 is 1. The maximum absolute atomic E-state index is 13.2. The lowest BCUT2D eigenvalue weighted by Crippen LogP contribution is -2.57. The third-order valence-electron chi connectivity index (χ3n) is 5.68. The second kappa shape index (κ2) is 8.43. The molecule has 1 aliphatic rings. The minimum absolute atomic E-state index is 0.308. The summed E-state index contributed by atoms with van der Waals surface area (Å²) in [5, 5.41) is 0. The summed E-state index contributed by atoms with van der Waals surface area (Å²) in [4.78, 5) is 17.8. The minimum atomic E-state index is -4.44. The maximum Gasteiger partial charge on any atom is 0.417 e. The van der Waals surface area contributed by atoms with Crippen LogP contribution in [0.25, 0.3) is 17.2 Å². The van der Waals surface area contributed by atoms with E-state index in [1.54, 1.807) is 13.3 Å². The van der Waals surface area contributed by atoms with Crippen LogP contribution in [-0.4, -0.2) is 69.7 Å². The number of nitrogens with zero attached hydrogens (tertiary/aromatic N) is 6. The average Bonchev–Trinajstić information content (AvgIpc) is 3.16. The van der Waals surface area contributed by atoms with Crippen LogP contribution in [0.3, 0.4) is 0 Å². The van der Waals surface area contributed by atoms with E-state index in [9.17, 15) is 13.2 Å². The molecule has 0 saturated carbocycles. The number of ether oxygens (including phenoxy) is 1. The van der Waals surface area contributed by atoms with Gasteiger partial charge >= 0.3 is 6.18 Å². The summed E-state index contributed by atoms with van der Waals surface area (Å²) in [5.41, 5.74) is 0.0824. The van der Waals surface area contributed by atoms with Gasteiger partial charge < -0.3 is 9.64 Å². The van der Waals surface area contributed by atoms with Crippen molar-refractivity contribution in [2.75, 3.05) is 38.3 Å². The van der Waals surface area contributed by atoms with E-state index in [0.717, 1.165) is 37.7 Å². The number of hydrogen-bond acceptors (Lipinski definition) is 6. The zero-order valence-corrected chi connectivity index (χ0v) is 17.7. The fraction of sp³-hybridized carbons (Fsp3) is 0.476. The summed E-state index contributed by atoms with van der Waals surface area (Å²) in [6.45, 7) is 7.46. The first-order valence-electron chi connectivity index (χ1n) is 10.2. The molecule has 1 aliphatic heterocycles. The van der Waals surface area contributed by atoms with Crippen LogP contribution in [0.4, 0.5) is 19.0 Å². The van der Waals surface area contributed by atoms with E-state index >= 15 is 0 Å². The van der Waals surface area contributed by atoms with Crippen molar-refractivity contribution < 1.29 is 17.9 Å². The van der Waals surface area contributed by atoms with Gasteiger partial charge in [-0.25, -0.2) is 15.0 Å². The molecule has 1 fully saturated rings. The number of pyridine rings is 1. The highest BCUT2D eigenvalue weighted by atomic mass is 19.4. The van der Waals surface area contributed by atoms with Crippen LogP contribution in [0.15, 0.2) is 36.8 Å². The van der Waals surface area contributed by atoms with Crippen LogP contribution in [0.5, 0.6) is 0 Å². The number of aromatic nitrogens is 4. The lowest BCUT2D eigenvalue weighted by molar-refractivity contribution is -0.137. The molecule has 0 radical (unpaired) electrons. The quantitative estimate of drug-likeness (QED) is 0.614. The molecule has 0 spiro atoms. The SMILES string of the molecule is COCCN1C(C)CN(c2ccnc(-c3cnc4ccc(C(F)(F)F)cn34)n2)CC1C. The van der Waals surface area contributed by atoms with Gasteiger partial charge in [0.05, 0.1) is 18.4 Å². The summed E-state index contributed by atoms with van der Waals surface area (Å²) < 4.78 is 46.1. The molecule has 2 atom stereocenters. The van der Waals surface area contributed by atoms with Gasteiger partial charge in [0.2, 0.25) is 0 Å². The molecule has 10 heteroatoms. The zero-order valence-electron chi connectivity index (χ0n) is 17.7. The molecule has 4 rings (SSSR count). The van der Waals surface area contributed by atoms with Gasteiger partial charge in [0, 0.05) is 51.2 Å². The third kappa shape index (κ3) is 4.35. The van der Waals surface area contributed by atoms with Gasteiger partial charge in [-0.1, -0.05) is 0 Å².